The lowest BCUT2D eigenvalue weighted by molar-refractivity contribution is 0.220. The lowest BCUT2D eigenvalue weighted by Gasteiger charge is -2.14. The SMILES string of the molecule is CCOc1ccc(C(O)c2ccc(Br)cc2)cc1Br. The molecule has 0 aliphatic heterocycles. The zero-order valence-corrected chi connectivity index (χ0v) is 13.6. The Kier molecular flexibility index (Phi) is 5.02. The van der Waals surface area contributed by atoms with Gasteiger partial charge in [0.2, 0.25) is 0 Å². The molecule has 2 rings (SSSR count). The Morgan fingerprint density at radius 2 is 1.68 bits per heavy atom. The molecule has 1 unspecified atom stereocenters. The van der Waals surface area contributed by atoms with Gasteiger partial charge in [0.1, 0.15) is 11.9 Å². The fourth-order valence-corrected chi connectivity index (χ4v) is 2.57. The van der Waals surface area contributed by atoms with Crippen LogP contribution in [0.2, 0.25) is 0 Å². The molecule has 0 bridgehead atoms. The molecule has 0 aromatic heterocycles. The number of aliphatic hydroxyl groups excluding tert-OH is 1. The van der Waals surface area contributed by atoms with E-state index in [4.69, 9.17) is 4.74 Å². The van der Waals surface area contributed by atoms with Crippen molar-refractivity contribution in [1.82, 2.24) is 0 Å². The first-order chi connectivity index (χ1) is 9.11. The van der Waals surface area contributed by atoms with E-state index in [1.807, 2.05) is 49.4 Å². The van der Waals surface area contributed by atoms with Crippen LogP contribution < -0.4 is 4.74 Å². The third-order valence-corrected chi connectivity index (χ3v) is 3.91. The summed E-state index contributed by atoms with van der Waals surface area (Å²) in [5.41, 5.74) is 1.69. The van der Waals surface area contributed by atoms with E-state index in [9.17, 15) is 5.11 Å². The van der Waals surface area contributed by atoms with Crippen LogP contribution in [0.3, 0.4) is 0 Å². The predicted octanol–water partition coefficient (Wildman–Crippen LogP) is 4.69. The molecule has 0 radical (unpaired) electrons. The third-order valence-electron chi connectivity index (χ3n) is 2.76. The summed E-state index contributed by atoms with van der Waals surface area (Å²) in [6.07, 6.45) is -0.639. The van der Waals surface area contributed by atoms with Gasteiger partial charge in [-0.15, -0.1) is 0 Å². The van der Waals surface area contributed by atoms with E-state index in [0.29, 0.717) is 6.61 Å². The summed E-state index contributed by atoms with van der Waals surface area (Å²) in [6.45, 7) is 2.56. The fraction of sp³-hybridized carbons (Fsp3) is 0.200. The van der Waals surface area contributed by atoms with E-state index < -0.39 is 6.10 Å². The Bertz CT molecular complexity index is 553. The maximum absolute atomic E-state index is 10.4. The monoisotopic (exact) mass is 384 g/mol. The average molecular weight is 386 g/mol. The van der Waals surface area contributed by atoms with Crippen LogP contribution in [0.1, 0.15) is 24.2 Å². The van der Waals surface area contributed by atoms with Crippen LogP contribution in [0.25, 0.3) is 0 Å². The third kappa shape index (κ3) is 3.59. The summed E-state index contributed by atoms with van der Waals surface area (Å²) >= 11 is 6.84. The molecule has 2 aromatic carbocycles. The zero-order chi connectivity index (χ0) is 13.8. The minimum atomic E-state index is -0.639. The van der Waals surface area contributed by atoms with Crippen LogP contribution in [0.5, 0.6) is 5.75 Å². The van der Waals surface area contributed by atoms with Gasteiger partial charge in [-0.05, 0) is 58.2 Å². The van der Waals surface area contributed by atoms with Crippen LogP contribution in [-0.4, -0.2) is 11.7 Å². The van der Waals surface area contributed by atoms with Gasteiger partial charge in [-0.3, -0.25) is 0 Å². The van der Waals surface area contributed by atoms with Gasteiger partial charge in [0.25, 0.3) is 0 Å². The second-order valence-corrected chi connectivity index (χ2v) is 5.85. The Hall–Kier alpha value is -0.840. The Balaban J connectivity index is 2.26. The molecule has 0 heterocycles. The minimum absolute atomic E-state index is 0.618. The van der Waals surface area contributed by atoms with Gasteiger partial charge in [0.15, 0.2) is 0 Å². The molecule has 0 aliphatic rings. The molecule has 0 amide bonds. The number of hydrogen-bond donors (Lipinski definition) is 1. The smallest absolute Gasteiger partial charge is 0.133 e. The molecule has 0 saturated carbocycles. The lowest BCUT2D eigenvalue weighted by atomic mass is 10.0. The van der Waals surface area contributed by atoms with Crippen molar-refractivity contribution in [2.75, 3.05) is 6.61 Å². The number of rotatable bonds is 4. The van der Waals surface area contributed by atoms with Gasteiger partial charge in [-0.1, -0.05) is 34.1 Å². The summed E-state index contributed by atoms with van der Waals surface area (Å²) in [5, 5.41) is 10.4. The number of halogens is 2. The van der Waals surface area contributed by atoms with Crippen molar-refractivity contribution < 1.29 is 9.84 Å². The summed E-state index contributed by atoms with van der Waals surface area (Å²) in [6, 6.07) is 13.3. The highest BCUT2D eigenvalue weighted by atomic mass is 79.9. The summed E-state index contributed by atoms with van der Waals surface area (Å²) in [7, 11) is 0. The van der Waals surface area contributed by atoms with Crippen molar-refractivity contribution in [2.45, 2.75) is 13.0 Å². The maximum Gasteiger partial charge on any atom is 0.133 e. The van der Waals surface area contributed by atoms with Crippen molar-refractivity contribution in [3.8, 4) is 5.75 Å². The van der Waals surface area contributed by atoms with E-state index in [1.165, 1.54) is 0 Å². The van der Waals surface area contributed by atoms with Gasteiger partial charge < -0.3 is 9.84 Å². The second-order valence-electron chi connectivity index (χ2n) is 4.08. The molecule has 0 spiro atoms. The standard InChI is InChI=1S/C15H14Br2O2/c1-2-19-14-8-5-11(9-13(14)17)15(18)10-3-6-12(16)7-4-10/h3-9,15,18H,2H2,1H3. The average Bonchev–Trinajstić information content (AvgIpc) is 2.41. The molecule has 2 nitrogen and oxygen atoms in total. The predicted molar refractivity (Wildman–Crippen MR) is 83.5 cm³/mol. The molecule has 2 aromatic rings. The Labute approximate surface area is 129 Å². The van der Waals surface area contributed by atoms with Gasteiger partial charge in [-0.25, -0.2) is 0 Å². The molecule has 4 heteroatoms. The highest BCUT2D eigenvalue weighted by molar-refractivity contribution is 9.10. The number of aliphatic hydroxyl groups is 1. The number of ether oxygens (including phenoxy) is 1. The second kappa shape index (κ2) is 6.55. The summed E-state index contributed by atoms with van der Waals surface area (Å²) < 4.78 is 7.30. The number of benzene rings is 2. The molecule has 100 valence electrons. The maximum atomic E-state index is 10.4. The van der Waals surface area contributed by atoms with Crippen molar-refractivity contribution in [1.29, 1.82) is 0 Å². The molecule has 0 aliphatic carbocycles. The van der Waals surface area contributed by atoms with Gasteiger partial charge >= 0.3 is 0 Å². The van der Waals surface area contributed by atoms with Crippen molar-refractivity contribution in [3.05, 3.63) is 62.5 Å². The fourth-order valence-electron chi connectivity index (χ4n) is 1.80. The Morgan fingerprint density at radius 3 is 2.26 bits per heavy atom. The molecule has 1 atom stereocenters. The highest BCUT2D eigenvalue weighted by Gasteiger charge is 2.12. The molecular weight excluding hydrogens is 372 g/mol. The van der Waals surface area contributed by atoms with Crippen LogP contribution in [-0.2, 0) is 0 Å². The van der Waals surface area contributed by atoms with Gasteiger partial charge in [-0.2, -0.15) is 0 Å². The molecular formula is C15H14Br2O2. The van der Waals surface area contributed by atoms with Crippen LogP contribution in [0.4, 0.5) is 0 Å². The highest BCUT2D eigenvalue weighted by Crippen LogP contribution is 2.31. The normalized spacial score (nSPS) is 12.2. The van der Waals surface area contributed by atoms with E-state index in [1.54, 1.807) is 0 Å². The van der Waals surface area contributed by atoms with E-state index >= 15 is 0 Å². The van der Waals surface area contributed by atoms with E-state index in [0.717, 1.165) is 25.8 Å². The topological polar surface area (TPSA) is 29.5 Å². The van der Waals surface area contributed by atoms with Crippen molar-refractivity contribution in [2.24, 2.45) is 0 Å². The largest absolute Gasteiger partial charge is 0.493 e. The van der Waals surface area contributed by atoms with Crippen LogP contribution >= 0.6 is 31.9 Å². The molecule has 0 saturated heterocycles. The van der Waals surface area contributed by atoms with Gasteiger partial charge in [0, 0.05) is 4.47 Å². The van der Waals surface area contributed by atoms with Crippen LogP contribution in [0.15, 0.2) is 51.4 Å². The van der Waals surface area contributed by atoms with Crippen molar-refractivity contribution in [3.63, 3.8) is 0 Å². The van der Waals surface area contributed by atoms with Crippen LogP contribution in [0, 0.1) is 0 Å². The molecule has 1 N–H and O–H groups in total. The molecule has 19 heavy (non-hydrogen) atoms. The summed E-state index contributed by atoms with van der Waals surface area (Å²) in [5.74, 6) is 0.786. The first-order valence-corrected chi connectivity index (χ1v) is 7.56. The zero-order valence-electron chi connectivity index (χ0n) is 10.4. The number of hydrogen-bond acceptors (Lipinski definition) is 2. The first-order valence-electron chi connectivity index (χ1n) is 5.97. The molecule has 0 fully saturated rings. The van der Waals surface area contributed by atoms with E-state index in [2.05, 4.69) is 31.9 Å². The minimum Gasteiger partial charge on any atom is -0.493 e. The van der Waals surface area contributed by atoms with E-state index in [-0.39, 0.29) is 0 Å². The first kappa shape index (κ1) is 14.6. The quantitative estimate of drug-likeness (QED) is 0.826. The van der Waals surface area contributed by atoms with Gasteiger partial charge in [0.05, 0.1) is 11.1 Å². The Morgan fingerprint density at radius 1 is 1.05 bits per heavy atom. The summed E-state index contributed by atoms with van der Waals surface area (Å²) in [4.78, 5) is 0. The van der Waals surface area contributed by atoms with Crippen molar-refractivity contribution >= 4 is 31.9 Å². The lowest BCUT2D eigenvalue weighted by Crippen LogP contribution is -2.00.